The molecule has 6 N–H and O–H groups in total. The van der Waals surface area contributed by atoms with Gasteiger partial charge in [0.15, 0.2) is 0 Å². The Bertz CT molecular complexity index is 907. The first-order valence-electron chi connectivity index (χ1n) is 7.26. The Balaban J connectivity index is 2.63. The van der Waals surface area contributed by atoms with E-state index in [1.165, 1.54) is 25.3 Å². The third kappa shape index (κ3) is 3.91. The van der Waals surface area contributed by atoms with Gasteiger partial charge in [0.25, 0.3) is 5.91 Å². The molecule has 0 aliphatic carbocycles. The largest absolute Gasteiger partial charge is 0.494 e. The molecular weight excluding hydrogens is 351 g/mol. The number of amides is 1. The normalized spacial score (nSPS) is 13.1. The number of hydrogen-bond acceptors (Lipinski definition) is 6. The lowest BCUT2D eigenvalue weighted by Gasteiger charge is -2.11. The predicted octanol–water partition coefficient (Wildman–Crippen LogP) is 1.62. The van der Waals surface area contributed by atoms with Gasteiger partial charge in [-0.1, -0.05) is 0 Å². The number of pyridine rings is 1. The molecular formula is C16H16F3N5O2. The summed E-state index contributed by atoms with van der Waals surface area (Å²) >= 11 is 0. The first kappa shape index (κ1) is 19.2. The number of primary amides is 1. The van der Waals surface area contributed by atoms with Crippen molar-refractivity contribution in [2.45, 2.75) is 6.18 Å². The van der Waals surface area contributed by atoms with Crippen LogP contribution in [-0.4, -0.2) is 30.8 Å². The number of alkyl halides is 3. The van der Waals surface area contributed by atoms with E-state index < -0.39 is 17.8 Å². The third-order valence-corrected chi connectivity index (χ3v) is 3.47. The van der Waals surface area contributed by atoms with Gasteiger partial charge in [-0.3, -0.25) is 9.79 Å². The van der Waals surface area contributed by atoms with Crippen LogP contribution in [0.3, 0.4) is 0 Å². The van der Waals surface area contributed by atoms with Crippen molar-refractivity contribution in [1.82, 2.24) is 4.98 Å². The molecule has 26 heavy (non-hydrogen) atoms. The average Bonchev–Trinajstić information content (AvgIpc) is 2.59. The predicted molar refractivity (Wildman–Crippen MR) is 90.9 cm³/mol. The molecule has 1 aromatic carbocycles. The van der Waals surface area contributed by atoms with Gasteiger partial charge in [-0.25, -0.2) is 4.98 Å². The fourth-order valence-electron chi connectivity index (χ4n) is 2.16. The molecule has 10 heteroatoms. The number of rotatable bonds is 5. The number of nitrogens with zero attached hydrogens (tertiary/aromatic N) is 2. The van der Waals surface area contributed by atoms with Gasteiger partial charge in [0.1, 0.15) is 17.0 Å². The smallest absolute Gasteiger partial charge is 0.433 e. The van der Waals surface area contributed by atoms with E-state index in [-0.39, 0.29) is 34.8 Å². The number of hydrogen-bond donors (Lipinski definition) is 3. The van der Waals surface area contributed by atoms with Crippen molar-refractivity contribution in [3.63, 3.8) is 0 Å². The highest BCUT2D eigenvalue weighted by atomic mass is 19.4. The van der Waals surface area contributed by atoms with E-state index in [0.717, 1.165) is 12.3 Å². The number of methoxy groups -OCH3 is 1. The van der Waals surface area contributed by atoms with Crippen molar-refractivity contribution in [1.29, 1.82) is 0 Å². The lowest BCUT2D eigenvalue weighted by molar-refractivity contribution is -0.141. The summed E-state index contributed by atoms with van der Waals surface area (Å²) in [6.45, 7) is -0.107. The van der Waals surface area contributed by atoms with Crippen molar-refractivity contribution in [3.8, 4) is 5.75 Å². The van der Waals surface area contributed by atoms with E-state index in [4.69, 9.17) is 21.9 Å². The van der Waals surface area contributed by atoms with Gasteiger partial charge in [0.2, 0.25) is 0 Å². The zero-order valence-corrected chi connectivity index (χ0v) is 13.7. The van der Waals surface area contributed by atoms with Gasteiger partial charge in [-0.2, -0.15) is 13.2 Å². The minimum Gasteiger partial charge on any atom is -0.494 e. The maximum absolute atomic E-state index is 12.9. The second-order valence-electron chi connectivity index (χ2n) is 5.14. The van der Waals surface area contributed by atoms with Crippen molar-refractivity contribution >= 4 is 28.7 Å². The summed E-state index contributed by atoms with van der Waals surface area (Å²) in [4.78, 5) is 19.1. The lowest BCUT2D eigenvalue weighted by atomic mass is 10.1. The molecule has 1 amide bonds. The van der Waals surface area contributed by atoms with Gasteiger partial charge < -0.3 is 21.9 Å². The monoisotopic (exact) mass is 367 g/mol. The van der Waals surface area contributed by atoms with Crippen LogP contribution in [0, 0.1) is 0 Å². The van der Waals surface area contributed by atoms with Crippen LogP contribution in [0.15, 0.2) is 40.5 Å². The van der Waals surface area contributed by atoms with Crippen molar-refractivity contribution in [2.75, 3.05) is 13.7 Å². The van der Waals surface area contributed by atoms with Crippen LogP contribution in [-0.2, 0) is 11.0 Å². The zero-order chi connectivity index (χ0) is 19.5. The molecule has 0 saturated heterocycles. The summed E-state index contributed by atoms with van der Waals surface area (Å²) in [7, 11) is 1.32. The first-order valence-corrected chi connectivity index (χ1v) is 7.26. The number of carbonyl (C=O) groups is 1. The number of ether oxygens (including phenoxy) is 1. The molecule has 2 aromatic rings. The Hall–Kier alpha value is -3.14. The highest BCUT2D eigenvalue weighted by molar-refractivity contribution is 6.13. The molecule has 138 valence electrons. The maximum Gasteiger partial charge on any atom is 0.433 e. The van der Waals surface area contributed by atoms with E-state index in [1.807, 2.05) is 0 Å². The molecule has 0 aliphatic heterocycles. The van der Waals surface area contributed by atoms with Crippen LogP contribution in [0.5, 0.6) is 5.75 Å². The second kappa shape index (κ2) is 7.40. The van der Waals surface area contributed by atoms with Crippen molar-refractivity contribution in [2.24, 2.45) is 22.2 Å². The first-order chi connectivity index (χ1) is 12.2. The van der Waals surface area contributed by atoms with Crippen LogP contribution in [0.25, 0.3) is 10.9 Å². The number of carbonyl (C=O) groups excluding carboxylic acids is 1. The van der Waals surface area contributed by atoms with E-state index >= 15 is 0 Å². The quantitative estimate of drug-likeness (QED) is 0.546. The number of fused-ring (bicyclic) bond motifs is 1. The fourth-order valence-corrected chi connectivity index (χ4v) is 2.16. The number of aromatic nitrogens is 1. The van der Waals surface area contributed by atoms with Crippen LogP contribution >= 0.6 is 0 Å². The summed E-state index contributed by atoms with van der Waals surface area (Å²) in [5.74, 6) is -0.677. The molecule has 0 aliphatic rings. The average molecular weight is 367 g/mol. The topological polar surface area (TPSA) is 130 Å². The fraction of sp³-hybridized carbons (Fsp3) is 0.188. The van der Waals surface area contributed by atoms with Gasteiger partial charge in [-0.05, 0) is 24.3 Å². The van der Waals surface area contributed by atoms with Gasteiger partial charge in [-0.15, -0.1) is 0 Å². The number of aliphatic imine (C=N–C) groups is 1. The molecule has 7 nitrogen and oxygen atoms in total. The summed E-state index contributed by atoms with van der Waals surface area (Å²) in [6, 6.07) is 4.98. The molecule has 0 radical (unpaired) electrons. The zero-order valence-electron chi connectivity index (χ0n) is 13.7. The van der Waals surface area contributed by atoms with Crippen LogP contribution in [0.2, 0.25) is 0 Å². The molecule has 0 spiro atoms. The highest BCUT2D eigenvalue weighted by Crippen LogP contribution is 2.35. The maximum atomic E-state index is 12.9. The molecule has 0 saturated carbocycles. The van der Waals surface area contributed by atoms with Crippen LogP contribution in [0.4, 0.5) is 18.9 Å². The molecule has 1 heterocycles. The summed E-state index contributed by atoms with van der Waals surface area (Å²) < 4.78 is 43.8. The Labute approximate surface area is 146 Å². The van der Waals surface area contributed by atoms with E-state index in [2.05, 4.69) is 9.98 Å². The Morgan fingerprint density at radius 2 is 1.96 bits per heavy atom. The Morgan fingerprint density at radius 3 is 2.50 bits per heavy atom. The highest BCUT2D eigenvalue weighted by Gasteiger charge is 2.32. The summed E-state index contributed by atoms with van der Waals surface area (Å²) in [5.41, 5.74) is 15.3. The van der Waals surface area contributed by atoms with E-state index in [9.17, 15) is 18.0 Å². The van der Waals surface area contributed by atoms with Gasteiger partial charge >= 0.3 is 6.18 Å². The molecule has 0 unspecified atom stereocenters. The lowest BCUT2D eigenvalue weighted by Crippen LogP contribution is -2.23. The van der Waals surface area contributed by atoms with Crippen molar-refractivity contribution < 1.29 is 22.7 Å². The van der Waals surface area contributed by atoms with E-state index in [0.29, 0.717) is 5.39 Å². The van der Waals surface area contributed by atoms with Gasteiger partial charge in [0, 0.05) is 23.8 Å². The minimum absolute atomic E-state index is 0.0200. The molecule has 0 atom stereocenters. The molecule has 1 aromatic heterocycles. The standard InChI is InChI=1S/C16H16F3N5O2/c1-26-12-4-3-11(23-7-9(15(22)25)10(21)6-20)8-2-5-13(16(17,18)19)24-14(8)12/h2-5,7H,6,20-21H2,1H3,(H2,22,25). The van der Waals surface area contributed by atoms with Gasteiger partial charge in [0.05, 0.1) is 18.4 Å². The van der Waals surface area contributed by atoms with E-state index in [1.54, 1.807) is 0 Å². The van der Waals surface area contributed by atoms with Crippen LogP contribution in [0.1, 0.15) is 5.69 Å². The SMILES string of the molecule is COc1ccc(N=CC(C(N)=O)=C(N)CN)c2ccc(C(F)(F)F)nc12. The number of halogens is 3. The number of nitrogens with two attached hydrogens (primary N) is 3. The molecule has 0 fully saturated rings. The summed E-state index contributed by atoms with van der Waals surface area (Å²) in [6.07, 6.45) is -3.49. The molecule has 0 bridgehead atoms. The summed E-state index contributed by atoms with van der Waals surface area (Å²) in [5, 5.41) is 0.295. The molecule has 2 rings (SSSR count). The Morgan fingerprint density at radius 1 is 1.27 bits per heavy atom. The second-order valence-corrected chi connectivity index (χ2v) is 5.14. The third-order valence-electron chi connectivity index (χ3n) is 3.47. The Kier molecular flexibility index (Phi) is 5.46. The minimum atomic E-state index is -4.60. The van der Waals surface area contributed by atoms with Crippen molar-refractivity contribution in [3.05, 3.63) is 41.2 Å². The van der Waals surface area contributed by atoms with Crippen LogP contribution < -0.4 is 21.9 Å². The number of benzene rings is 1.